The molecule has 2 heterocycles. The van der Waals surface area contributed by atoms with Gasteiger partial charge >= 0.3 is 6.03 Å². The van der Waals surface area contributed by atoms with E-state index < -0.39 is 0 Å². The first-order chi connectivity index (χ1) is 14.3. The molecular formula is C22H30N4O3. The van der Waals surface area contributed by atoms with Gasteiger partial charge in [-0.3, -0.25) is 0 Å². The quantitative estimate of drug-likeness (QED) is 0.656. The maximum absolute atomic E-state index is 12.2. The number of nitrogens with zero attached hydrogens (tertiary/aromatic N) is 3. The minimum atomic E-state index is -0.0303. The number of nitrogens with one attached hydrogen (secondary N) is 1. The zero-order chi connectivity index (χ0) is 19.9. The first-order valence-corrected chi connectivity index (χ1v) is 10.7. The van der Waals surface area contributed by atoms with E-state index in [0.717, 1.165) is 18.9 Å². The Labute approximate surface area is 171 Å². The summed E-state index contributed by atoms with van der Waals surface area (Å²) in [6.07, 6.45) is 6.78. The van der Waals surface area contributed by atoms with Crippen molar-refractivity contribution in [1.29, 1.82) is 0 Å². The summed E-state index contributed by atoms with van der Waals surface area (Å²) in [6.45, 7) is 3.36. The van der Waals surface area contributed by atoms with Crippen molar-refractivity contribution in [2.75, 3.05) is 32.8 Å². The van der Waals surface area contributed by atoms with E-state index in [-0.39, 0.29) is 11.9 Å². The van der Waals surface area contributed by atoms with Crippen LogP contribution in [0.1, 0.15) is 48.9 Å². The van der Waals surface area contributed by atoms with Gasteiger partial charge in [0.1, 0.15) is 0 Å². The van der Waals surface area contributed by atoms with Gasteiger partial charge in [0.2, 0.25) is 5.89 Å². The van der Waals surface area contributed by atoms with Crippen LogP contribution < -0.4 is 5.32 Å². The van der Waals surface area contributed by atoms with Crippen molar-refractivity contribution >= 4 is 6.03 Å². The second kappa shape index (κ2) is 9.87. The molecule has 0 bridgehead atoms. The Morgan fingerprint density at radius 3 is 2.76 bits per heavy atom. The van der Waals surface area contributed by atoms with Gasteiger partial charge < -0.3 is 19.5 Å². The number of hydrogen-bond donors (Lipinski definition) is 1. The van der Waals surface area contributed by atoms with E-state index in [1.165, 1.54) is 31.2 Å². The van der Waals surface area contributed by atoms with Crippen molar-refractivity contribution in [3.8, 4) is 0 Å². The zero-order valence-electron chi connectivity index (χ0n) is 16.9. The standard InChI is InChI=1S/C22H30N4O3/c27-22(23-12-10-17-6-2-1-3-7-17)26-14-19(15-26)21-24-20(25-29-21)11-13-28-16-18-8-4-5-9-18/h1-3,6-7,18-19H,4-5,8-16H2,(H,23,27). The minimum absolute atomic E-state index is 0.0303. The Balaban J connectivity index is 1.11. The van der Waals surface area contributed by atoms with Crippen LogP contribution in [-0.4, -0.2) is 53.9 Å². The molecule has 2 fully saturated rings. The Kier molecular flexibility index (Phi) is 6.77. The molecule has 1 aliphatic carbocycles. The molecule has 2 amide bonds. The number of carbonyl (C=O) groups excluding carboxylic acids is 1. The molecule has 0 unspecified atom stereocenters. The van der Waals surface area contributed by atoms with Crippen LogP contribution in [0.25, 0.3) is 0 Å². The molecule has 0 spiro atoms. The number of hydrogen-bond acceptors (Lipinski definition) is 5. The fraction of sp³-hybridized carbons (Fsp3) is 0.591. The van der Waals surface area contributed by atoms with E-state index in [2.05, 4.69) is 27.6 Å². The summed E-state index contributed by atoms with van der Waals surface area (Å²) in [7, 11) is 0. The molecule has 1 aromatic carbocycles. The van der Waals surface area contributed by atoms with Crippen LogP contribution in [0.4, 0.5) is 4.79 Å². The fourth-order valence-electron chi connectivity index (χ4n) is 4.00. The van der Waals surface area contributed by atoms with Crippen LogP contribution in [0, 0.1) is 5.92 Å². The predicted molar refractivity (Wildman–Crippen MR) is 109 cm³/mol. The molecule has 1 aromatic heterocycles. The Hall–Kier alpha value is -2.41. The molecule has 1 saturated carbocycles. The lowest BCUT2D eigenvalue weighted by atomic mass is 10.0. The van der Waals surface area contributed by atoms with Crippen LogP contribution in [-0.2, 0) is 17.6 Å². The van der Waals surface area contributed by atoms with Crippen LogP contribution in [0.3, 0.4) is 0 Å². The van der Waals surface area contributed by atoms with Crippen LogP contribution in [0.5, 0.6) is 0 Å². The van der Waals surface area contributed by atoms with E-state index in [9.17, 15) is 4.79 Å². The van der Waals surface area contributed by atoms with E-state index in [1.807, 2.05) is 18.2 Å². The number of benzene rings is 1. The molecule has 1 saturated heterocycles. The lowest BCUT2D eigenvalue weighted by Gasteiger charge is -2.36. The molecule has 1 aliphatic heterocycles. The predicted octanol–water partition coefficient (Wildman–Crippen LogP) is 3.17. The van der Waals surface area contributed by atoms with Gasteiger partial charge in [-0.25, -0.2) is 4.79 Å². The number of amides is 2. The lowest BCUT2D eigenvalue weighted by Crippen LogP contribution is -2.52. The summed E-state index contributed by atoms with van der Waals surface area (Å²) in [6, 6.07) is 10.1. The van der Waals surface area contributed by atoms with Crippen molar-refractivity contribution in [2.24, 2.45) is 5.92 Å². The van der Waals surface area contributed by atoms with Crippen LogP contribution >= 0.6 is 0 Å². The molecule has 156 valence electrons. The fourth-order valence-corrected chi connectivity index (χ4v) is 4.00. The molecule has 7 heteroatoms. The molecule has 2 aliphatic rings. The first-order valence-electron chi connectivity index (χ1n) is 10.7. The number of ether oxygens (including phenoxy) is 1. The van der Waals surface area contributed by atoms with E-state index in [1.54, 1.807) is 4.90 Å². The number of urea groups is 1. The Bertz CT molecular complexity index is 767. The minimum Gasteiger partial charge on any atom is -0.381 e. The summed E-state index contributed by atoms with van der Waals surface area (Å²) in [5.41, 5.74) is 1.22. The Morgan fingerprint density at radius 1 is 1.17 bits per heavy atom. The first kappa shape index (κ1) is 19.9. The highest BCUT2D eigenvalue weighted by Crippen LogP contribution is 2.26. The molecule has 2 aromatic rings. The molecule has 1 N–H and O–H groups in total. The highest BCUT2D eigenvalue weighted by Gasteiger charge is 2.35. The van der Waals surface area contributed by atoms with E-state index in [0.29, 0.717) is 44.4 Å². The van der Waals surface area contributed by atoms with Crippen LogP contribution in [0.15, 0.2) is 34.9 Å². The number of likely N-dealkylation sites (tertiary alicyclic amines) is 1. The maximum atomic E-state index is 12.2. The van der Waals surface area contributed by atoms with E-state index >= 15 is 0 Å². The third-order valence-electron chi connectivity index (χ3n) is 5.83. The second-order valence-corrected chi connectivity index (χ2v) is 8.09. The Morgan fingerprint density at radius 2 is 1.97 bits per heavy atom. The van der Waals surface area contributed by atoms with E-state index in [4.69, 9.17) is 9.26 Å². The largest absolute Gasteiger partial charge is 0.381 e. The smallest absolute Gasteiger partial charge is 0.317 e. The van der Waals surface area contributed by atoms with Crippen molar-refractivity contribution in [3.63, 3.8) is 0 Å². The summed E-state index contributed by atoms with van der Waals surface area (Å²) >= 11 is 0. The number of aromatic nitrogens is 2. The van der Waals surface area contributed by atoms with Gasteiger partial charge in [0.25, 0.3) is 0 Å². The van der Waals surface area contributed by atoms with Gasteiger partial charge in [0.05, 0.1) is 12.5 Å². The third kappa shape index (κ3) is 5.56. The van der Waals surface area contributed by atoms with Gasteiger partial charge in [-0.2, -0.15) is 4.98 Å². The van der Waals surface area contributed by atoms with Crippen molar-refractivity contribution in [2.45, 2.75) is 44.4 Å². The normalized spacial score (nSPS) is 17.4. The topological polar surface area (TPSA) is 80.5 Å². The van der Waals surface area contributed by atoms with Crippen molar-refractivity contribution in [3.05, 3.63) is 47.6 Å². The average Bonchev–Trinajstić information content (AvgIpc) is 3.37. The van der Waals surface area contributed by atoms with Gasteiger partial charge in [-0.1, -0.05) is 48.3 Å². The summed E-state index contributed by atoms with van der Waals surface area (Å²) in [4.78, 5) is 18.5. The zero-order valence-corrected chi connectivity index (χ0v) is 16.9. The molecule has 7 nitrogen and oxygen atoms in total. The monoisotopic (exact) mass is 398 g/mol. The SMILES string of the molecule is O=C(NCCc1ccccc1)N1CC(c2nc(CCOCC3CCCC3)no2)C1. The van der Waals surface area contributed by atoms with Crippen molar-refractivity contribution in [1.82, 2.24) is 20.4 Å². The summed E-state index contributed by atoms with van der Waals surface area (Å²) < 4.78 is 11.2. The lowest BCUT2D eigenvalue weighted by molar-refractivity contribution is 0.102. The molecule has 4 rings (SSSR count). The van der Waals surface area contributed by atoms with Gasteiger partial charge in [0, 0.05) is 32.7 Å². The molecule has 29 heavy (non-hydrogen) atoms. The van der Waals surface area contributed by atoms with Gasteiger partial charge in [-0.15, -0.1) is 0 Å². The average molecular weight is 399 g/mol. The highest BCUT2D eigenvalue weighted by atomic mass is 16.5. The number of rotatable bonds is 9. The summed E-state index contributed by atoms with van der Waals surface area (Å²) in [5.74, 6) is 2.19. The third-order valence-corrected chi connectivity index (χ3v) is 5.83. The highest BCUT2D eigenvalue weighted by molar-refractivity contribution is 5.75. The summed E-state index contributed by atoms with van der Waals surface area (Å²) in [5, 5.41) is 7.03. The van der Waals surface area contributed by atoms with Gasteiger partial charge in [-0.05, 0) is 30.7 Å². The molecular weight excluding hydrogens is 368 g/mol. The molecule has 0 atom stereocenters. The maximum Gasteiger partial charge on any atom is 0.317 e. The molecule has 0 radical (unpaired) electrons. The number of carbonyl (C=O) groups is 1. The second-order valence-electron chi connectivity index (χ2n) is 8.09. The van der Waals surface area contributed by atoms with Crippen LogP contribution in [0.2, 0.25) is 0 Å². The van der Waals surface area contributed by atoms with Crippen molar-refractivity contribution < 1.29 is 14.1 Å². The van der Waals surface area contributed by atoms with Gasteiger partial charge in [0.15, 0.2) is 5.82 Å².